The van der Waals surface area contributed by atoms with E-state index in [4.69, 9.17) is 0 Å². The second kappa shape index (κ2) is 9.32. The van der Waals surface area contributed by atoms with Crippen molar-refractivity contribution in [3.05, 3.63) is 66.8 Å². The number of imide groups is 1. The Labute approximate surface area is 220 Å². The highest BCUT2D eigenvalue weighted by Gasteiger charge is 2.57. The van der Waals surface area contributed by atoms with E-state index in [1.54, 1.807) is 12.1 Å². The van der Waals surface area contributed by atoms with Crippen LogP contribution in [0.5, 0.6) is 0 Å². The number of fused-ring (bicyclic) bond motifs is 2. The molecule has 6 rings (SSSR count). The van der Waals surface area contributed by atoms with Gasteiger partial charge in [0.25, 0.3) is 0 Å². The minimum absolute atomic E-state index is 0.0317. The van der Waals surface area contributed by atoms with Crippen LogP contribution in [0.15, 0.2) is 51.6 Å². The number of carbonyl (C=O) groups is 3. The van der Waals surface area contributed by atoms with Crippen molar-refractivity contribution in [3.63, 3.8) is 0 Å². The summed E-state index contributed by atoms with van der Waals surface area (Å²) in [5.41, 5.74) is 1.61. The Morgan fingerprint density at radius 2 is 1.75 bits per heavy atom. The lowest BCUT2D eigenvalue weighted by atomic mass is 9.87. The van der Waals surface area contributed by atoms with Gasteiger partial charge in [-0.05, 0) is 49.8 Å². The third-order valence-electron chi connectivity index (χ3n) is 7.19. The Morgan fingerprint density at radius 3 is 2.44 bits per heavy atom. The number of hydrogen-bond donors (Lipinski definition) is 0. The van der Waals surface area contributed by atoms with Gasteiger partial charge < -0.3 is 4.90 Å². The number of amides is 3. The number of rotatable bonds is 4. The van der Waals surface area contributed by atoms with E-state index in [-0.39, 0.29) is 35.1 Å². The summed E-state index contributed by atoms with van der Waals surface area (Å²) in [5, 5.41) is 1.95. The molecular formula is C26H25N3O4S3. The molecule has 3 atom stereocenters. The average Bonchev–Trinajstić information content (AvgIpc) is 3.58. The molecule has 0 saturated carbocycles. The number of anilines is 1. The molecule has 0 bridgehead atoms. The molecule has 186 valence electrons. The summed E-state index contributed by atoms with van der Waals surface area (Å²) < 4.78 is 1.53. The summed E-state index contributed by atoms with van der Waals surface area (Å²) in [5.74, 6) is -1.55. The van der Waals surface area contributed by atoms with E-state index < -0.39 is 11.2 Å². The van der Waals surface area contributed by atoms with Gasteiger partial charge in [0.2, 0.25) is 17.7 Å². The number of carbonyl (C=O) groups excluding carboxylic acids is 3. The molecule has 0 radical (unpaired) electrons. The van der Waals surface area contributed by atoms with Crippen molar-refractivity contribution in [3.8, 4) is 0 Å². The summed E-state index contributed by atoms with van der Waals surface area (Å²) >= 11 is 3.90. The van der Waals surface area contributed by atoms with Crippen molar-refractivity contribution in [2.24, 2.45) is 5.92 Å². The van der Waals surface area contributed by atoms with Crippen LogP contribution in [0.2, 0.25) is 0 Å². The van der Waals surface area contributed by atoms with Crippen molar-refractivity contribution in [2.45, 2.75) is 48.9 Å². The molecule has 0 unspecified atom stereocenters. The van der Waals surface area contributed by atoms with Gasteiger partial charge >= 0.3 is 4.87 Å². The van der Waals surface area contributed by atoms with Crippen LogP contribution in [-0.4, -0.2) is 45.5 Å². The molecule has 1 aromatic carbocycles. The molecule has 7 nitrogen and oxygen atoms in total. The zero-order valence-electron chi connectivity index (χ0n) is 19.7. The molecule has 0 spiro atoms. The third kappa shape index (κ3) is 3.86. The Bertz CT molecular complexity index is 1390. The predicted molar refractivity (Wildman–Crippen MR) is 142 cm³/mol. The Balaban J connectivity index is 1.41. The molecule has 5 heterocycles. The summed E-state index contributed by atoms with van der Waals surface area (Å²) in [7, 11) is 0. The van der Waals surface area contributed by atoms with Crippen LogP contribution in [0.1, 0.15) is 40.5 Å². The van der Waals surface area contributed by atoms with Gasteiger partial charge in [-0.1, -0.05) is 46.9 Å². The van der Waals surface area contributed by atoms with Crippen LogP contribution >= 0.6 is 34.4 Å². The fourth-order valence-electron chi connectivity index (χ4n) is 5.36. The molecule has 2 aromatic heterocycles. The van der Waals surface area contributed by atoms with E-state index >= 15 is 0 Å². The largest absolute Gasteiger partial charge is 0.341 e. The number of nitrogens with zero attached hydrogens (tertiary/aromatic N) is 3. The van der Waals surface area contributed by atoms with E-state index in [1.807, 2.05) is 41.5 Å². The molecule has 3 aromatic rings. The summed E-state index contributed by atoms with van der Waals surface area (Å²) in [6, 6.07) is 11.3. The molecule has 36 heavy (non-hydrogen) atoms. The minimum Gasteiger partial charge on any atom is -0.341 e. The van der Waals surface area contributed by atoms with Crippen molar-refractivity contribution < 1.29 is 14.4 Å². The fraction of sp³-hybridized carbons (Fsp3) is 0.385. The fourth-order valence-corrected chi connectivity index (χ4v) is 9.08. The summed E-state index contributed by atoms with van der Waals surface area (Å²) in [6.45, 7) is 3.36. The second-order valence-corrected chi connectivity index (χ2v) is 12.6. The third-order valence-corrected chi connectivity index (χ3v) is 10.8. The minimum atomic E-state index is -0.649. The molecule has 2 fully saturated rings. The van der Waals surface area contributed by atoms with Crippen molar-refractivity contribution in [1.82, 2.24) is 9.47 Å². The lowest BCUT2D eigenvalue weighted by molar-refractivity contribution is -0.133. The van der Waals surface area contributed by atoms with E-state index in [1.165, 1.54) is 32.6 Å². The molecular weight excluding hydrogens is 515 g/mol. The van der Waals surface area contributed by atoms with Crippen LogP contribution in [0.4, 0.5) is 5.69 Å². The van der Waals surface area contributed by atoms with E-state index in [2.05, 4.69) is 0 Å². The first kappa shape index (κ1) is 23.7. The highest BCUT2D eigenvalue weighted by Crippen LogP contribution is 2.54. The first-order chi connectivity index (χ1) is 17.4. The summed E-state index contributed by atoms with van der Waals surface area (Å²) in [6.07, 6.45) is 3.08. The van der Waals surface area contributed by atoms with Gasteiger partial charge in [0.15, 0.2) is 0 Å². The predicted octanol–water partition coefficient (Wildman–Crippen LogP) is 4.09. The number of thiophene rings is 1. The maximum atomic E-state index is 13.8. The van der Waals surface area contributed by atoms with Gasteiger partial charge in [-0.2, -0.15) is 0 Å². The molecule has 2 saturated heterocycles. The monoisotopic (exact) mass is 539 g/mol. The molecule has 3 aliphatic rings. The number of benzene rings is 1. The highest BCUT2D eigenvalue weighted by molar-refractivity contribution is 8.00. The van der Waals surface area contributed by atoms with Gasteiger partial charge in [0.1, 0.15) is 11.8 Å². The Hall–Kier alpha value is -2.69. The Kier molecular flexibility index (Phi) is 6.13. The first-order valence-corrected chi connectivity index (χ1v) is 14.7. The highest BCUT2D eigenvalue weighted by atomic mass is 32.2. The lowest BCUT2D eigenvalue weighted by Gasteiger charge is -2.30. The van der Waals surface area contributed by atoms with Crippen molar-refractivity contribution in [2.75, 3.05) is 18.0 Å². The van der Waals surface area contributed by atoms with Gasteiger partial charge in [-0.25, -0.2) is 4.90 Å². The van der Waals surface area contributed by atoms with Gasteiger partial charge in [0.05, 0.1) is 16.6 Å². The van der Waals surface area contributed by atoms with Gasteiger partial charge in [-0.15, -0.1) is 11.3 Å². The van der Waals surface area contributed by atoms with Crippen LogP contribution < -0.4 is 9.77 Å². The van der Waals surface area contributed by atoms with Gasteiger partial charge in [0, 0.05) is 28.8 Å². The van der Waals surface area contributed by atoms with Gasteiger partial charge in [-0.3, -0.25) is 23.7 Å². The van der Waals surface area contributed by atoms with Crippen LogP contribution in [0.3, 0.4) is 0 Å². The quantitative estimate of drug-likeness (QED) is 0.467. The number of thioether (sulfide) groups is 1. The molecule has 0 aliphatic carbocycles. The summed E-state index contributed by atoms with van der Waals surface area (Å²) in [4.78, 5) is 58.3. The maximum absolute atomic E-state index is 13.8. The number of likely N-dealkylation sites (tertiary alicyclic amines) is 1. The standard InChI is InChI=1S/C26H25N3O4S3/c1-15-7-9-16(10-8-15)29-23(31)20-19(17-6-5-13-34-17)22-25(35-21(20)24(29)32)28(26(33)36-22)14-18(30)27-11-3-2-4-12-27/h5-10,13,19-21H,2-4,11-12,14H2,1H3/t19-,20+,21-/m0/s1. The van der Waals surface area contributed by atoms with Crippen molar-refractivity contribution >= 4 is 57.8 Å². The average molecular weight is 540 g/mol. The van der Waals surface area contributed by atoms with Crippen LogP contribution in [0.25, 0.3) is 0 Å². The first-order valence-electron chi connectivity index (χ1n) is 12.1. The SMILES string of the molecule is Cc1ccc(N2C(=O)[C@@H]3[C@H](c4cccs4)c4sc(=O)n(CC(=O)N5CCCCC5)c4S[C@@H]3C2=O)cc1. The normalized spacial score (nSPS) is 23.6. The lowest BCUT2D eigenvalue weighted by Crippen LogP contribution is -2.39. The van der Waals surface area contributed by atoms with Crippen molar-refractivity contribution in [1.29, 1.82) is 0 Å². The zero-order valence-corrected chi connectivity index (χ0v) is 22.2. The second-order valence-electron chi connectivity index (χ2n) is 9.47. The molecule has 3 amide bonds. The number of aromatic nitrogens is 1. The molecule has 0 N–H and O–H groups in total. The number of hydrogen-bond acceptors (Lipinski definition) is 7. The number of aryl methyl sites for hydroxylation is 1. The van der Waals surface area contributed by atoms with E-state index in [9.17, 15) is 19.2 Å². The Morgan fingerprint density at radius 1 is 1.00 bits per heavy atom. The van der Waals surface area contributed by atoms with E-state index in [0.717, 1.165) is 45.9 Å². The van der Waals surface area contributed by atoms with E-state index in [0.29, 0.717) is 23.8 Å². The van der Waals surface area contributed by atoms with Crippen LogP contribution in [-0.2, 0) is 20.9 Å². The topological polar surface area (TPSA) is 79.7 Å². The zero-order chi connectivity index (χ0) is 25.0. The molecule has 3 aliphatic heterocycles. The molecule has 10 heteroatoms. The number of piperidine rings is 1. The van der Waals surface area contributed by atoms with Crippen LogP contribution in [0, 0.1) is 12.8 Å². The maximum Gasteiger partial charge on any atom is 0.308 e. The number of thiazole rings is 1. The smallest absolute Gasteiger partial charge is 0.308 e.